The summed E-state index contributed by atoms with van der Waals surface area (Å²) < 4.78 is 17.1. The molecule has 0 unspecified atom stereocenters. The first-order valence-corrected chi connectivity index (χ1v) is 11.1. The van der Waals surface area contributed by atoms with Crippen LogP contribution >= 0.6 is 24.0 Å². The van der Waals surface area contributed by atoms with Crippen LogP contribution in [0.3, 0.4) is 0 Å². The summed E-state index contributed by atoms with van der Waals surface area (Å²) in [6.07, 6.45) is 6.48. The summed E-state index contributed by atoms with van der Waals surface area (Å²) in [5, 5.41) is 9.53. The van der Waals surface area contributed by atoms with E-state index >= 15 is 0 Å². The van der Waals surface area contributed by atoms with Crippen molar-refractivity contribution in [2.45, 2.75) is 44.6 Å². The normalized spacial score (nSPS) is 17.9. The number of halogens is 1. The van der Waals surface area contributed by atoms with Gasteiger partial charge in [-0.25, -0.2) is 4.99 Å². The quantitative estimate of drug-likeness (QED) is 0.182. The zero-order chi connectivity index (χ0) is 20.6. The first-order valence-electron chi connectivity index (χ1n) is 11.1. The molecule has 0 atom stereocenters. The van der Waals surface area contributed by atoms with Gasteiger partial charge in [0.15, 0.2) is 17.5 Å². The number of hydrogen-bond donors (Lipinski definition) is 3. The first kappa shape index (κ1) is 23.9. The number of aliphatic imine (C=N–C) groups is 1. The Bertz CT molecular complexity index is 753. The average Bonchev–Trinajstić information content (AvgIpc) is 3.62. The number of nitrogens with one attached hydrogen (secondary N) is 3. The Balaban J connectivity index is 0.00000272. The summed E-state index contributed by atoms with van der Waals surface area (Å²) in [6.45, 7) is 3.70. The van der Waals surface area contributed by atoms with Gasteiger partial charge in [0.25, 0.3) is 0 Å². The topological polar surface area (TPSA) is 93.2 Å². The molecule has 0 bridgehead atoms. The molecule has 2 fully saturated rings. The third kappa shape index (κ3) is 8.72. The fourth-order valence-corrected chi connectivity index (χ4v) is 3.08. The van der Waals surface area contributed by atoms with E-state index in [2.05, 4.69) is 20.9 Å². The van der Waals surface area contributed by atoms with E-state index in [4.69, 9.17) is 14.2 Å². The number of guanidine groups is 1. The van der Waals surface area contributed by atoms with E-state index in [1.54, 1.807) is 0 Å². The van der Waals surface area contributed by atoms with Gasteiger partial charge >= 0.3 is 0 Å². The molecule has 8 nitrogen and oxygen atoms in total. The van der Waals surface area contributed by atoms with E-state index < -0.39 is 0 Å². The highest BCUT2D eigenvalue weighted by atomic mass is 127. The maximum absolute atomic E-state index is 12.0. The van der Waals surface area contributed by atoms with Crippen molar-refractivity contribution in [2.75, 3.05) is 44.8 Å². The fraction of sp³-hybridized carbons (Fsp3) is 0.636. The molecule has 3 aliphatic rings. The molecule has 0 aromatic heterocycles. The molecule has 172 valence electrons. The van der Waals surface area contributed by atoms with Gasteiger partial charge in [0.1, 0.15) is 6.54 Å². The molecule has 31 heavy (non-hydrogen) atoms. The predicted octanol–water partition coefficient (Wildman–Crippen LogP) is 2.92. The zero-order valence-electron chi connectivity index (χ0n) is 17.9. The number of rotatable bonds is 10. The fourth-order valence-electron chi connectivity index (χ4n) is 3.08. The number of hydrogen-bond acceptors (Lipinski definition) is 5. The molecule has 0 radical (unpaired) electrons. The Labute approximate surface area is 200 Å². The Morgan fingerprint density at radius 2 is 1.94 bits per heavy atom. The van der Waals surface area contributed by atoms with Gasteiger partial charge in [-0.05, 0) is 50.2 Å². The van der Waals surface area contributed by atoms with Crippen molar-refractivity contribution in [3.05, 3.63) is 18.2 Å². The summed E-state index contributed by atoms with van der Waals surface area (Å²) >= 11 is 0. The average molecular weight is 544 g/mol. The summed E-state index contributed by atoms with van der Waals surface area (Å²) in [4.78, 5) is 16.5. The molecule has 2 aliphatic carbocycles. The molecule has 1 heterocycles. The van der Waals surface area contributed by atoms with Gasteiger partial charge in [0.2, 0.25) is 5.91 Å². The number of fused-ring (bicyclic) bond motifs is 1. The van der Waals surface area contributed by atoms with Crippen molar-refractivity contribution in [2.24, 2.45) is 10.9 Å². The molecule has 1 aromatic carbocycles. The van der Waals surface area contributed by atoms with Crippen LogP contribution in [0.15, 0.2) is 23.2 Å². The van der Waals surface area contributed by atoms with Crippen molar-refractivity contribution < 1.29 is 19.0 Å². The Kier molecular flexibility index (Phi) is 9.51. The van der Waals surface area contributed by atoms with Crippen LogP contribution in [0.1, 0.15) is 38.5 Å². The highest BCUT2D eigenvalue weighted by molar-refractivity contribution is 14.0. The van der Waals surface area contributed by atoms with E-state index in [0.717, 1.165) is 62.0 Å². The highest BCUT2D eigenvalue weighted by Crippen LogP contribution is 2.32. The Morgan fingerprint density at radius 3 is 2.71 bits per heavy atom. The van der Waals surface area contributed by atoms with Gasteiger partial charge in [0, 0.05) is 44.0 Å². The maximum Gasteiger partial charge on any atom is 0.242 e. The van der Waals surface area contributed by atoms with Crippen molar-refractivity contribution in [1.29, 1.82) is 0 Å². The van der Waals surface area contributed by atoms with Gasteiger partial charge < -0.3 is 30.2 Å². The van der Waals surface area contributed by atoms with Crippen molar-refractivity contribution in [3.8, 4) is 11.5 Å². The minimum absolute atomic E-state index is 0. The predicted molar refractivity (Wildman–Crippen MR) is 131 cm³/mol. The van der Waals surface area contributed by atoms with Crippen molar-refractivity contribution in [1.82, 2.24) is 10.6 Å². The van der Waals surface area contributed by atoms with Crippen molar-refractivity contribution >= 4 is 41.5 Å². The minimum Gasteiger partial charge on any atom is -0.490 e. The lowest BCUT2D eigenvalue weighted by molar-refractivity contribution is -0.119. The Hall–Kier alpha value is -1.75. The highest BCUT2D eigenvalue weighted by Gasteiger charge is 2.23. The second-order valence-electron chi connectivity index (χ2n) is 8.14. The monoisotopic (exact) mass is 544 g/mol. The van der Waals surface area contributed by atoms with E-state index in [1.807, 2.05) is 18.2 Å². The van der Waals surface area contributed by atoms with Crippen LogP contribution < -0.4 is 25.4 Å². The molecule has 0 spiro atoms. The number of carbonyl (C=O) groups is 1. The number of benzene rings is 1. The third-order valence-corrected chi connectivity index (χ3v) is 5.14. The van der Waals surface area contributed by atoms with Gasteiger partial charge in [-0.3, -0.25) is 4.79 Å². The molecule has 0 saturated heterocycles. The lowest BCUT2D eigenvalue weighted by Crippen LogP contribution is -2.34. The number of ether oxygens (including phenoxy) is 3. The molecule has 3 N–H and O–H groups in total. The van der Waals surface area contributed by atoms with Crippen LogP contribution in [0.25, 0.3) is 0 Å². The summed E-state index contributed by atoms with van der Waals surface area (Å²) in [7, 11) is 0. The third-order valence-electron chi connectivity index (χ3n) is 5.14. The number of amides is 1. The molecular formula is C22H33IN4O4. The SMILES string of the molecule is I.O=C(CN=C(NCCCOCC1CC1)Nc1ccc2c(c1)OCCCO2)NC1CC1. The lowest BCUT2D eigenvalue weighted by atomic mass is 10.2. The zero-order valence-corrected chi connectivity index (χ0v) is 20.2. The second kappa shape index (κ2) is 12.3. The minimum atomic E-state index is -0.0509. The largest absolute Gasteiger partial charge is 0.490 e. The van der Waals surface area contributed by atoms with Crippen LogP contribution in [0.5, 0.6) is 11.5 Å². The molecule has 2 saturated carbocycles. The first-order chi connectivity index (χ1) is 14.8. The lowest BCUT2D eigenvalue weighted by Gasteiger charge is -2.15. The molecule has 9 heteroatoms. The van der Waals surface area contributed by atoms with Gasteiger partial charge in [-0.15, -0.1) is 24.0 Å². The Morgan fingerprint density at radius 1 is 1.13 bits per heavy atom. The van der Waals surface area contributed by atoms with E-state index in [0.29, 0.717) is 31.8 Å². The van der Waals surface area contributed by atoms with Crippen LogP contribution in [0, 0.1) is 5.92 Å². The van der Waals surface area contributed by atoms with Crippen LogP contribution in [-0.4, -0.2) is 57.4 Å². The second-order valence-corrected chi connectivity index (χ2v) is 8.14. The van der Waals surface area contributed by atoms with Crippen LogP contribution in [0.4, 0.5) is 5.69 Å². The van der Waals surface area contributed by atoms with Gasteiger partial charge in [0.05, 0.1) is 13.2 Å². The van der Waals surface area contributed by atoms with E-state index in [1.165, 1.54) is 12.8 Å². The molecule has 4 rings (SSSR count). The van der Waals surface area contributed by atoms with E-state index in [-0.39, 0.29) is 36.4 Å². The molecular weight excluding hydrogens is 511 g/mol. The van der Waals surface area contributed by atoms with Crippen LogP contribution in [-0.2, 0) is 9.53 Å². The van der Waals surface area contributed by atoms with Crippen LogP contribution in [0.2, 0.25) is 0 Å². The molecule has 1 aliphatic heterocycles. The smallest absolute Gasteiger partial charge is 0.242 e. The standard InChI is InChI=1S/C22H32N4O4.HI/c27-21(25-17-5-6-17)14-24-22(23-9-1-10-28-15-16-3-4-16)26-18-7-8-19-20(13-18)30-12-2-11-29-19;/h7-8,13,16-17H,1-6,9-12,14-15H2,(H,25,27)(H2,23,24,26);1H. The number of nitrogens with zero attached hydrogens (tertiary/aromatic N) is 1. The van der Waals surface area contributed by atoms with Crippen molar-refractivity contribution in [3.63, 3.8) is 0 Å². The van der Waals surface area contributed by atoms with Gasteiger partial charge in [-0.1, -0.05) is 0 Å². The van der Waals surface area contributed by atoms with Gasteiger partial charge in [-0.2, -0.15) is 0 Å². The molecule has 1 amide bonds. The summed E-state index contributed by atoms with van der Waals surface area (Å²) in [6, 6.07) is 6.06. The summed E-state index contributed by atoms with van der Waals surface area (Å²) in [5.41, 5.74) is 0.832. The number of carbonyl (C=O) groups excluding carboxylic acids is 1. The maximum atomic E-state index is 12.0. The van der Waals surface area contributed by atoms with E-state index in [9.17, 15) is 4.79 Å². The molecule has 1 aromatic rings. The number of anilines is 1. The summed E-state index contributed by atoms with van der Waals surface area (Å²) in [5.74, 6) is 2.77.